The molecule has 106 valence electrons. The number of aliphatic hydroxyl groups excluding tert-OH is 1. The SMILES string of the molecule is Cc1ccc2c(CC(=O)N[C@H](CO)C(=O)O)coc2c1. The summed E-state index contributed by atoms with van der Waals surface area (Å²) in [6, 6.07) is 4.35. The van der Waals surface area contributed by atoms with Gasteiger partial charge in [0.2, 0.25) is 5.91 Å². The Bertz CT molecular complexity index is 646. The Kier molecular flexibility index (Phi) is 4.05. The number of aliphatic hydroxyl groups is 1. The molecular weight excluding hydrogens is 262 g/mol. The maximum absolute atomic E-state index is 11.8. The van der Waals surface area contributed by atoms with Crippen LogP contribution in [0.15, 0.2) is 28.9 Å². The van der Waals surface area contributed by atoms with Gasteiger partial charge in [-0.3, -0.25) is 4.79 Å². The van der Waals surface area contributed by atoms with Gasteiger partial charge in [-0.15, -0.1) is 0 Å². The molecule has 1 atom stereocenters. The summed E-state index contributed by atoms with van der Waals surface area (Å²) in [6.07, 6.45) is 1.48. The van der Waals surface area contributed by atoms with Crippen LogP contribution in [0.3, 0.4) is 0 Å². The van der Waals surface area contributed by atoms with Gasteiger partial charge in [-0.1, -0.05) is 12.1 Å². The average Bonchev–Trinajstić information content (AvgIpc) is 2.77. The van der Waals surface area contributed by atoms with Crippen LogP contribution < -0.4 is 5.32 Å². The third-order valence-electron chi connectivity index (χ3n) is 2.98. The van der Waals surface area contributed by atoms with E-state index in [1.807, 2.05) is 25.1 Å². The molecule has 0 aliphatic rings. The zero-order valence-corrected chi connectivity index (χ0v) is 10.9. The van der Waals surface area contributed by atoms with Crippen molar-refractivity contribution in [3.8, 4) is 0 Å². The Labute approximate surface area is 115 Å². The standard InChI is InChI=1S/C14H15NO5/c1-8-2-3-10-9(7-20-12(10)4-8)5-13(17)15-11(6-16)14(18)19/h2-4,7,11,16H,5-6H2,1H3,(H,15,17)(H,18,19)/t11-/m1/s1. The van der Waals surface area contributed by atoms with Gasteiger partial charge in [0.05, 0.1) is 19.3 Å². The van der Waals surface area contributed by atoms with E-state index in [1.54, 1.807) is 0 Å². The number of furan rings is 1. The van der Waals surface area contributed by atoms with Crippen LogP contribution in [0, 0.1) is 6.92 Å². The van der Waals surface area contributed by atoms with E-state index in [1.165, 1.54) is 6.26 Å². The Morgan fingerprint density at radius 3 is 2.80 bits per heavy atom. The van der Waals surface area contributed by atoms with Gasteiger partial charge in [0.1, 0.15) is 11.6 Å². The number of carbonyl (C=O) groups excluding carboxylic acids is 1. The normalized spacial score (nSPS) is 12.3. The molecule has 0 saturated carbocycles. The molecule has 20 heavy (non-hydrogen) atoms. The predicted molar refractivity (Wildman–Crippen MR) is 71.3 cm³/mol. The number of carbonyl (C=O) groups is 2. The highest BCUT2D eigenvalue weighted by molar-refractivity contribution is 5.89. The van der Waals surface area contributed by atoms with E-state index >= 15 is 0 Å². The summed E-state index contributed by atoms with van der Waals surface area (Å²) in [7, 11) is 0. The summed E-state index contributed by atoms with van der Waals surface area (Å²) in [5, 5.41) is 20.7. The molecule has 3 N–H and O–H groups in total. The van der Waals surface area contributed by atoms with E-state index in [-0.39, 0.29) is 6.42 Å². The third kappa shape index (κ3) is 2.97. The minimum Gasteiger partial charge on any atom is -0.480 e. The third-order valence-corrected chi connectivity index (χ3v) is 2.98. The molecule has 0 aliphatic carbocycles. The van der Waals surface area contributed by atoms with Crippen LogP contribution in [0.5, 0.6) is 0 Å². The highest BCUT2D eigenvalue weighted by Gasteiger charge is 2.19. The molecule has 1 heterocycles. The van der Waals surface area contributed by atoms with Crippen molar-refractivity contribution < 1.29 is 24.2 Å². The van der Waals surface area contributed by atoms with Crippen molar-refractivity contribution in [2.45, 2.75) is 19.4 Å². The molecule has 2 rings (SSSR count). The lowest BCUT2D eigenvalue weighted by molar-refractivity contribution is -0.142. The van der Waals surface area contributed by atoms with Crippen molar-refractivity contribution >= 4 is 22.8 Å². The van der Waals surface area contributed by atoms with Crippen LogP contribution in [0.4, 0.5) is 0 Å². The van der Waals surface area contributed by atoms with E-state index in [4.69, 9.17) is 14.6 Å². The number of hydrogen-bond acceptors (Lipinski definition) is 4. The van der Waals surface area contributed by atoms with Gasteiger partial charge in [0.25, 0.3) is 0 Å². The average molecular weight is 277 g/mol. The van der Waals surface area contributed by atoms with Gasteiger partial charge in [0.15, 0.2) is 0 Å². The fraction of sp³-hybridized carbons (Fsp3) is 0.286. The largest absolute Gasteiger partial charge is 0.480 e. The maximum atomic E-state index is 11.8. The molecule has 6 nitrogen and oxygen atoms in total. The summed E-state index contributed by atoms with van der Waals surface area (Å²) < 4.78 is 5.36. The van der Waals surface area contributed by atoms with Crippen molar-refractivity contribution in [1.29, 1.82) is 0 Å². The molecule has 0 unspecified atom stereocenters. The van der Waals surface area contributed by atoms with Crippen molar-refractivity contribution in [3.05, 3.63) is 35.6 Å². The molecule has 0 bridgehead atoms. The molecular formula is C14H15NO5. The second-order valence-electron chi connectivity index (χ2n) is 4.58. The Morgan fingerprint density at radius 2 is 2.15 bits per heavy atom. The van der Waals surface area contributed by atoms with Gasteiger partial charge >= 0.3 is 5.97 Å². The van der Waals surface area contributed by atoms with Crippen LogP contribution in [-0.4, -0.2) is 34.7 Å². The molecule has 6 heteroatoms. The summed E-state index contributed by atoms with van der Waals surface area (Å²) in [5.74, 6) is -1.75. The Balaban J connectivity index is 2.12. The quantitative estimate of drug-likeness (QED) is 0.752. The summed E-state index contributed by atoms with van der Waals surface area (Å²) >= 11 is 0. The topological polar surface area (TPSA) is 99.8 Å². The zero-order chi connectivity index (χ0) is 14.7. The van der Waals surface area contributed by atoms with Crippen molar-refractivity contribution in [2.24, 2.45) is 0 Å². The molecule has 1 aromatic carbocycles. The van der Waals surface area contributed by atoms with Crippen LogP contribution >= 0.6 is 0 Å². The van der Waals surface area contributed by atoms with Gasteiger partial charge in [-0.2, -0.15) is 0 Å². The number of carboxylic acid groups (broad SMARTS) is 1. The Hall–Kier alpha value is -2.34. The summed E-state index contributed by atoms with van der Waals surface area (Å²) in [6.45, 7) is 1.29. The van der Waals surface area contributed by atoms with Gasteiger partial charge in [-0.05, 0) is 18.6 Å². The number of aliphatic carboxylic acids is 1. The van der Waals surface area contributed by atoms with Gasteiger partial charge in [0, 0.05) is 10.9 Å². The van der Waals surface area contributed by atoms with Crippen molar-refractivity contribution in [2.75, 3.05) is 6.61 Å². The highest BCUT2D eigenvalue weighted by atomic mass is 16.4. The van der Waals surface area contributed by atoms with Crippen LogP contribution in [0.2, 0.25) is 0 Å². The second-order valence-corrected chi connectivity index (χ2v) is 4.58. The van der Waals surface area contributed by atoms with E-state index in [0.717, 1.165) is 10.9 Å². The molecule has 0 saturated heterocycles. The number of fused-ring (bicyclic) bond motifs is 1. The highest BCUT2D eigenvalue weighted by Crippen LogP contribution is 2.22. The minimum absolute atomic E-state index is 0.000158. The number of benzene rings is 1. The second kappa shape index (κ2) is 5.75. The van der Waals surface area contributed by atoms with Crippen LogP contribution in [0.25, 0.3) is 11.0 Å². The van der Waals surface area contributed by atoms with E-state index in [0.29, 0.717) is 11.1 Å². The lowest BCUT2D eigenvalue weighted by Gasteiger charge is -2.10. The van der Waals surface area contributed by atoms with Crippen molar-refractivity contribution in [3.63, 3.8) is 0 Å². The molecule has 0 fully saturated rings. The number of aryl methyl sites for hydroxylation is 1. The molecule has 0 aliphatic heterocycles. The number of rotatable bonds is 5. The lowest BCUT2D eigenvalue weighted by Crippen LogP contribution is -2.43. The number of nitrogens with one attached hydrogen (secondary N) is 1. The molecule has 0 radical (unpaired) electrons. The minimum atomic E-state index is -1.29. The van der Waals surface area contributed by atoms with E-state index < -0.39 is 24.5 Å². The first-order valence-electron chi connectivity index (χ1n) is 6.11. The zero-order valence-electron chi connectivity index (χ0n) is 10.9. The fourth-order valence-corrected chi connectivity index (χ4v) is 1.93. The fourth-order valence-electron chi connectivity index (χ4n) is 1.93. The lowest BCUT2D eigenvalue weighted by atomic mass is 10.1. The van der Waals surface area contributed by atoms with Crippen molar-refractivity contribution in [1.82, 2.24) is 5.32 Å². The first-order chi connectivity index (χ1) is 9.51. The predicted octanol–water partition coefficient (Wildman–Crippen LogP) is 0.845. The first kappa shape index (κ1) is 14.1. The van der Waals surface area contributed by atoms with Gasteiger partial charge < -0.3 is 19.9 Å². The van der Waals surface area contributed by atoms with E-state index in [2.05, 4.69) is 5.32 Å². The summed E-state index contributed by atoms with van der Waals surface area (Å²) in [4.78, 5) is 22.5. The monoisotopic (exact) mass is 277 g/mol. The number of amides is 1. The van der Waals surface area contributed by atoms with Crippen LogP contribution in [-0.2, 0) is 16.0 Å². The molecule has 1 amide bonds. The number of hydrogen-bond donors (Lipinski definition) is 3. The molecule has 1 aromatic heterocycles. The smallest absolute Gasteiger partial charge is 0.328 e. The van der Waals surface area contributed by atoms with E-state index in [9.17, 15) is 9.59 Å². The molecule has 0 spiro atoms. The Morgan fingerprint density at radius 1 is 1.40 bits per heavy atom. The first-order valence-corrected chi connectivity index (χ1v) is 6.11. The molecule has 2 aromatic rings. The summed E-state index contributed by atoms with van der Waals surface area (Å²) in [5.41, 5.74) is 2.42. The van der Waals surface area contributed by atoms with Gasteiger partial charge in [-0.25, -0.2) is 4.79 Å². The van der Waals surface area contributed by atoms with Crippen LogP contribution in [0.1, 0.15) is 11.1 Å². The number of carboxylic acids is 1. The maximum Gasteiger partial charge on any atom is 0.328 e.